The van der Waals surface area contributed by atoms with Crippen molar-refractivity contribution < 1.29 is 0 Å². The lowest BCUT2D eigenvalue weighted by Gasteiger charge is -2.19. The van der Waals surface area contributed by atoms with Gasteiger partial charge in [0.15, 0.2) is 0 Å². The summed E-state index contributed by atoms with van der Waals surface area (Å²) in [5.74, 6) is 0. The summed E-state index contributed by atoms with van der Waals surface area (Å²) in [6.07, 6.45) is 5.88. The molecule has 2 aromatic rings. The molecule has 0 amide bonds. The molecule has 0 fully saturated rings. The molecule has 1 nitrogen and oxygen atoms in total. The number of aryl methyl sites for hydroxylation is 2. The van der Waals surface area contributed by atoms with Gasteiger partial charge >= 0.3 is 0 Å². The van der Waals surface area contributed by atoms with E-state index in [1.807, 2.05) is 18.2 Å². The van der Waals surface area contributed by atoms with Crippen LogP contribution in [0.1, 0.15) is 41.1 Å². The van der Waals surface area contributed by atoms with Crippen molar-refractivity contribution in [2.75, 3.05) is 0 Å². The van der Waals surface area contributed by atoms with Crippen molar-refractivity contribution in [3.05, 3.63) is 69.7 Å². The standard InChI is InChI=1S/C18H20ClN/c19-17-7-3-4-13(10-17)11-18(20)16-9-8-14-5-1-2-6-15(14)12-16/h3-4,7-10,12,18H,1-2,5-6,11,20H2. The SMILES string of the molecule is NC(Cc1cccc(Cl)c1)c1ccc2c(c1)CCCC2. The highest BCUT2D eigenvalue weighted by atomic mass is 35.5. The predicted octanol–water partition coefficient (Wildman–Crippen LogP) is 4.46. The summed E-state index contributed by atoms with van der Waals surface area (Å²) in [6.45, 7) is 0. The molecule has 1 unspecified atom stereocenters. The van der Waals surface area contributed by atoms with Gasteiger partial charge in [0.1, 0.15) is 0 Å². The van der Waals surface area contributed by atoms with Crippen molar-refractivity contribution in [1.29, 1.82) is 0 Å². The molecule has 104 valence electrons. The van der Waals surface area contributed by atoms with Gasteiger partial charge in [0.25, 0.3) is 0 Å². The zero-order valence-corrected chi connectivity index (χ0v) is 12.4. The number of hydrogen-bond donors (Lipinski definition) is 1. The van der Waals surface area contributed by atoms with E-state index in [4.69, 9.17) is 17.3 Å². The minimum Gasteiger partial charge on any atom is -0.324 e. The maximum atomic E-state index is 6.37. The Kier molecular flexibility index (Phi) is 4.09. The molecule has 0 radical (unpaired) electrons. The molecule has 0 saturated carbocycles. The van der Waals surface area contributed by atoms with Gasteiger partial charge in [-0.2, -0.15) is 0 Å². The largest absolute Gasteiger partial charge is 0.324 e. The first kappa shape index (κ1) is 13.7. The van der Waals surface area contributed by atoms with E-state index in [1.165, 1.54) is 47.9 Å². The predicted molar refractivity (Wildman–Crippen MR) is 85.2 cm³/mol. The second-order valence-corrected chi connectivity index (χ2v) is 6.11. The maximum absolute atomic E-state index is 6.37. The van der Waals surface area contributed by atoms with Gasteiger partial charge in [-0.15, -0.1) is 0 Å². The van der Waals surface area contributed by atoms with Gasteiger partial charge in [-0.25, -0.2) is 0 Å². The van der Waals surface area contributed by atoms with Gasteiger partial charge in [-0.05, 0) is 66.5 Å². The molecular weight excluding hydrogens is 266 g/mol. The van der Waals surface area contributed by atoms with Crippen molar-refractivity contribution in [3.8, 4) is 0 Å². The first-order valence-corrected chi connectivity index (χ1v) is 7.72. The number of nitrogens with two attached hydrogens (primary N) is 1. The molecule has 0 heterocycles. The Labute approximate surface area is 125 Å². The van der Waals surface area contributed by atoms with Gasteiger partial charge in [-0.3, -0.25) is 0 Å². The minimum atomic E-state index is 0.0423. The number of benzene rings is 2. The van der Waals surface area contributed by atoms with E-state index in [0.717, 1.165) is 11.4 Å². The zero-order chi connectivity index (χ0) is 13.9. The first-order chi connectivity index (χ1) is 9.72. The average molecular weight is 286 g/mol. The fourth-order valence-electron chi connectivity index (χ4n) is 3.02. The summed E-state index contributed by atoms with van der Waals surface area (Å²) in [7, 11) is 0. The van der Waals surface area contributed by atoms with Crippen molar-refractivity contribution >= 4 is 11.6 Å². The van der Waals surface area contributed by atoms with Crippen LogP contribution in [0.25, 0.3) is 0 Å². The molecule has 0 aliphatic heterocycles. The first-order valence-electron chi connectivity index (χ1n) is 7.34. The smallest absolute Gasteiger partial charge is 0.0408 e. The Morgan fingerprint density at radius 3 is 2.60 bits per heavy atom. The Hall–Kier alpha value is -1.31. The minimum absolute atomic E-state index is 0.0423. The van der Waals surface area contributed by atoms with E-state index in [2.05, 4.69) is 24.3 Å². The van der Waals surface area contributed by atoms with Crippen LogP contribution >= 0.6 is 11.6 Å². The van der Waals surface area contributed by atoms with E-state index in [9.17, 15) is 0 Å². The van der Waals surface area contributed by atoms with Gasteiger partial charge in [0.05, 0.1) is 0 Å². The highest BCUT2D eigenvalue weighted by Crippen LogP contribution is 2.25. The van der Waals surface area contributed by atoms with Gasteiger partial charge in [0.2, 0.25) is 0 Å². The zero-order valence-electron chi connectivity index (χ0n) is 11.6. The maximum Gasteiger partial charge on any atom is 0.0408 e. The van der Waals surface area contributed by atoms with Crippen LogP contribution in [0.4, 0.5) is 0 Å². The molecule has 2 N–H and O–H groups in total. The Bertz CT molecular complexity index is 606. The van der Waals surface area contributed by atoms with E-state index in [-0.39, 0.29) is 6.04 Å². The summed E-state index contributed by atoms with van der Waals surface area (Å²) >= 11 is 6.03. The third-order valence-electron chi connectivity index (χ3n) is 4.15. The third kappa shape index (κ3) is 3.05. The number of rotatable bonds is 3. The average Bonchev–Trinajstić information content (AvgIpc) is 2.47. The molecule has 0 spiro atoms. The summed E-state index contributed by atoms with van der Waals surface area (Å²) in [4.78, 5) is 0. The molecule has 1 atom stereocenters. The Morgan fingerprint density at radius 2 is 1.80 bits per heavy atom. The monoisotopic (exact) mass is 285 g/mol. The summed E-state index contributed by atoms with van der Waals surface area (Å²) in [5.41, 5.74) is 11.8. The second-order valence-electron chi connectivity index (χ2n) is 5.68. The van der Waals surface area contributed by atoms with Crippen LogP contribution in [-0.4, -0.2) is 0 Å². The summed E-state index contributed by atoms with van der Waals surface area (Å²) < 4.78 is 0. The molecule has 20 heavy (non-hydrogen) atoms. The van der Waals surface area contributed by atoms with Crippen LogP contribution in [0.15, 0.2) is 42.5 Å². The normalized spacial score (nSPS) is 15.7. The molecule has 1 aliphatic carbocycles. The Balaban J connectivity index is 1.78. The lowest BCUT2D eigenvalue weighted by atomic mass is 9.88. The highest BCUT2D eigenvalue weighted by molar-refractivity contribution is 6.30. The lowest BCUT2D eigenvalue weighted by molar-refractivity contribution is 0.675. The molecule has 2 heteroatoms. The van der Waals surface area contributed by atoms with E-state index in [0.29, 0.717) is 0 Å². The second kappa shape index (κ2) is 5.99. The topological polar surface area (TPSA) is 26.0 Å². The van der Waals surface area contributed by atoms with E-state index < -0.39 is 0 Å². The summed E-state index contributed by atoms with van der Waals surface area (Å²) in [5, 5.41) is 0.778. The van der Waals surface area contributed by atoms with Crippen LogP contribution in [0.5, 0.6) is 0 Å². The lowest BCUT2D eigenvalue weighted by Crippen LogP contribution is -2.14. The van der Waals surface area contributed by atoms with Crippen LogP contribution < -0.4 is 5.73 Å². The Morgan fingerprint density at radius 1 is 1.00 bits per heavy atom. The fourth-order valence-corrected chi connectivity index (χ4v) is 3.23. The van der Waals surface area contributed by atoms with E-state index in [1.54, 1.807) is 0 Å². The van der Waals surface area contributed by atoms with Crippen LogP contribution in [0.3, 0.4) is 0 Å². The fraction of sp³-hybridized carbons (Fsp3) is 0.333. The van der Waals surface area contributed by atoms with Crippen LogP contribution in [0.2, 0.25) is 5.02 Å². The van der Waals surface area contributed by atoms with Gasteiger partial charge in [-0.1, -0.05) is 41.9 Å². The summed E-state index contributed by atoms with van der Waals surface area (Å²) in [6, 6.07) is 14.8. The number of hydrogen-bond acceptors (Lipinski definition) is 1. The molecular formula is C18H20ClN. The van der Waals surface area contributed by atoms with E-state index >= 15 is 0 Å². The third-order valence-corrected chi connectivity index (χ3v) is 4.38. The molecule has 3 rings (SSSR count). The molecule has 1 aliphatic rings. The quantitative estimate of drug-likeness (QED) is 0.885. The molecule has 0 saturated heterocycles. The van der Waals surface area contributed by atoms with Crippen molar-refractivity contribution in [2.24, 2.45) is 5.73 Å². The number of fused-ring (bicyclic) bond motifs is 1. The van der Waals surface area contributed by atoms with Crippen molar-refractivity contribution in [1.82, 2.24) is 0 Å². The molecule has 2 aromatic carbocycles. The number of halogens is 1. The molecule has 0 bridgehead atoms. The van der Waals surface area contributed by atoms with Crippen LogP contribution in [-0.2, 0) is 19.3 Å². The molecule has 0 aromatic heterocycles. The van der Waals surface area contributed by atoms with Gasteiger partial charge in [0, 0.05) is 11.1 Å². The van der Waals surface area contributed by atoms with Crippen molar-refractivity contribution in [3.63, 3.8) is 0 Å². The van der Waals surface area contributed by atoms with Crippen LogP contribution in [0, 0.1) is 0 Å². The highest BCUT2D eigenvalue weighted by Gasteiger charge is 2.13. The van der Waals surface area contributed by atoms with Crippen molar-refractivity contribution in [2.45, 2.75) is 38.1 Å². The van der Waals surface area contributed by atoms with Gasteiger partial charge < -0.3 is 5.73 Å².